The molecule has 1 atom stereocenters. The van der Waals surface area contributed by atoms with Crippen LogP contribution in [0.25, 0.3) is 0 Å². The molecule has 2 aliphatic heterocycles. The number of rotatable bonds is 6. The van der Waals surface area contributed by atoms with Gasteiger partial charge in [0.15, 0.2) is 0 Å². The van der Waals surface area contributed by atoms with Gasteiger partial charge in [-0.15, -0.1) is 5.92 Å². The molecule has 0 radical (unpaired) electrons. The number of carbonyl (C=O) groups excluding carboxylic acids is 1. The highest BCUT2D eigenvalue weighted by molar-refractivity contribution is 5.79. The fourth-order valence-corrected chi connectivity index (χ4v) is 4.54. The van der Waals surface area contributed by atoms with Crippen molar-refractivity contribution in [3.63, 3.8) is 0 Å². The van der Waals surface area contributed by atoms with Crippen molar-refractivity contribution in [3.8, 4) is 11.8 Å². The first-order valence-corrected chi connectivity index (χ1v) is 10.8. The Morgan fingerprint density at radius 3 is 2.71 bits per heavy atom. The Kier molecular flexibility index (Phi) is 7.58. The van der Waals surface area contributed by atoms with Gasteiger partial charge in [-0.25, -0.2) is 0 Å². The quantitative estimate of drug-likeness (QED) is 0.705. The van der Waals surface area contributed by atoms with E-state index in [-0.39, 0.29) is 11.8 Å². The molecular weight excluding hydrogens is 350 g/mol. The second-order valence-electron chi connectivity index (χ2n) is 8.40. The van der Waals surface area contributed by atoms with Gasteiger partial charge in [0.05, 0.1) is 25.3 Å². The number of nitrogens with zero attached hydrogens (tertiary/aromatic N) is 3. The maximum atomic E-state index is 13.3. The molecule has 0 saturated carbocycles. The highest BCUT2D eigenvalue weighted by Crippen LogP contribution is 2.26. The van der Waals surface area contributed by atoms with Crippen LogP contribution in [0.15, 0.2) is 22.8 Å². The van der Waals surface area contributed by atoms with Gasteiger partial charge in [0.25, 0.3) is 0 Å². The molecule has 5 nitrogen and oxygen atoms in total. The van der Waals surface area contributed by atoms with E-state index in [0.717, 1.165) is 31.7 Å². The largest absolute Gasteiger partial charge is 0.467 e. The highest BCUT2D eigenvalue weighted by Gasteiger charge is 2.33. The lowest BCUT2D eigenvalue weighted by molar-refractivity contribution is -0.138. The topological polar surface area (TPSA) is 39.9 Å². The molecular formula is C23H35N3O2. The van der Waals surface area contributed by atoms with E-state index in [1.807, 2.05) is 24.0 Å². The fraction of sp³-hybridized carbons (Fsp3) is 0.696. The number of amides is 1. The Labute approximate surface area is 170 Å². The molecule has 0 N–H and O–H groups in total. The monoisotopic (exact) mass is 385 g/mol. The Hall–Kier alpha value is -1.77. The predicted octanol–water partition coefficient (Wildman–Crippen LogP) is 3.22. The summed E-state index contributed by atoms with van der Waals surface area (Å²) in [5.41, 5.74) is 0. The van der Waals surface area contributed by atoms with E-state index >= 15 is 0 Å². The first-order chi connectivity index (χ1) is 13.6. The number of carbonyl (C=O) groups is 1. The standard InChI is InChI=1S/C23H35N3O2/c1-4-5-12-26(18-22-9-7-16-28-22)23(27)20-8-6-13-25(17-20)21-10-14-24(15-11-21)19(2)3/h7,9,16,19-21H,6,8,10-15,17-18H2,1-3H3/t20-/m1/s1. The molecule has 0 aromatic carbocycles. The van der Waals surface area contributed by atoms with Gasteiger partial charge in [-0.2, -0.15) is 0 Å². The molecule has 1 amide bonds. The molecule has 5 heteroatoms. The zero-order valence-electron chi connectivity index (χ0n) is 17.7. The minimum atomic E-state index is 0.0745. The van der Waals surface area contributed by atoms with Crippen molar-refractivity contribution in [2.45, 2.75) is 65.1 Å². The van der Waals surface area contributed by atoms with Crippen molar-refractivity contribution in [3.05, 3.63) is 24.2 Å². The lowest BCUT2D eigenvalue weighted by Gasteiger charge is -2.43. The van der Waals surface area contributed by atoms with E-state index in [4.69, 9.17) is 4.42 Å². The number of hydrogen-bond acceptors (Lipinski definition) is 4. The summed E-state index contributed by atoms with van der Waals surface area (Å²) in [7, 11) is 0. The normalized spacial score (nSPS) is 22.1. The first kappa shape index (κ1) is 21.0. The molecule has 28 heavy (non-hydrogen) atoms. The average Bonchev–Trinajstić information content (AvgIpc) is 3.24. The Morgan fingerprint density at radius 2 is 2.07 bits per heavy atom. The lowest BCUT2D eigenvalue weighted by Crippen LogP contribution is -2.52. The molecule has 2 fully saturated rings. The molecule has 3 heterocycles. The van der Waals surface area contributed by atoms with Crippen LogP contribution in [0.5, 0.6) is 0 Å². The van der Waals surface area contributed by atoms with Crippen LogP contribution in [0.1, 0.15) is 52.2 Å². The number of furan rings is 1. The van der Waals surface area contributed by atoms with Crippen LogP contribution in [0.3, 0.4) is 0 Å². The minimum absolute atomic E-state index is 0.0745. The number of likely N-dealkylation sites (tertiary alicyclic amines) is 2. The average molecular weight is 386 g/mol. The third kappa shape index (κ3) is 5.40. The van der Waals surface area contributed by atoms with Crippen LogP contribution >= 0.6 is 0 Å². The van der Waals surface area contributed by atoms with Crippen LogP contribution in [-0.4, -0.2) is 65.4 Å². The van der Waals surface area contributed by atoms with Crippen molar-refractivity contribution in [2.75, 3.05) is 32.7 Å². The second kappa shape index (κ2) is 10.1. The van der Waals surface area contributed by atoms with Crippen LogP contribution < -0.4 is 0 Å². The summed E-state index contributed by atoms with van der Waals surface area (Å²) in [5, 5.41) is 0. The van der Waals surface area contributed by atoms with E-state index in [2.05, 4.69) is 35.5 Å². The molecule has 0 unspecified atom stereocenters. The third-order valence-electron chi connectivity index (χ3n) is 6.23. The zero-order valence-corrected chi connectivity index (χ0v) is 17.7. The summed E-state index contributed by atoms with van der Waals surface area (Å²) in [6, 6.07) is 5.05. The fourth-order valence-electron chi connectivity index (χ4n) is 4.54. The molecule has 154 valence electrons. The summed E-state index contributed by atoms with van der Waals surface area (Å²) >= 11 is 0. The smallest absolute Gasteiger partial charge is 0.228 e. The van der Waals surface area contributed by atoms with E-state index in [9.17, 15) is 4.79 Å². The summed E-state index contributed by atoms with van der Waals surface area (Å²) in [6.07, 6.45) is 6.19. The van der Waals surface area contributed by atoms with Gasteiger partial charge >= 0.3 is 0 Å². The maximum Gasteiger partial charge on any atom is 0.228 e. The van der Waals surface area contributed by atoms with Gasteiger partial charge in [0, 0.05) is 18.6 Å². The van der Waals surface area contributed by atoms with E-state index in [0.29, 0.717) is 25.2 Å². The van der Waals surface area contributed by atoms with Crippen molar-refractivity contribution >= 4 is 5.91 Å². The Balaban J connectivity index is 1.59. The van der Waals surface area contributed by atoms with E-state index in [1.54, 1.807) is 6.26 Å². The zero-order chi connectivity index (χ0) is 19.9. The van der Waals surface area contributed by atoms with Gasteiger partial charge in [0.2, 0.25) is 5.91 Å². The van der Waals surface area contributed by atoms with E-state index in [1.165, 1.54) is 25.9 Å². The Morgan fingerprint density at radius 1 is 1.29 bits per heavy atom. The molecule has 1 aromatic rings. The molecule has 0 bridgehead atoms. The van der Waals surface area contributed by atoms with Gasteiger partial charge in [-0.3, -0.25) is 9.69 Å². The number of piperidine rings is 2. The van der Waals surface area contributed by atoms with Gasteiger partial charge in [-0.1, -0.05) is 5.92 Å². The molecule has 3 rings (SSSR count). The minimum Gasteiger partial charge on any atom is -0.467 e. The summed E-state index contributed by atoms with van der Waals surface area (Å²) in [5.74, 6) is 7.10. The Bertz CT molecular complexity index is 666. The highest BCUT2D eigenvalue weighted by atomic mass is 16.3. The first-order valence-electron chi connectivity index (χ1n) is 10.8. The van der Waals surface area contributed by atoms with Gasteiger partial charge in [-0.05, 0) is 78.2 Å². The van der Waals surface area contributed by atoms with Crippen LogP contribution in [-0.2, 0) is 11.3 Å². The van der Waals surface area contributed by atoms with Gasteiger partial charge < -0.3 is 14.2 Å². The molecule has 0 aliphatic carbocycles. The summed E-state index contributed by atoms with van der Waals surface area (Å²) in [6.45, 7) is 11.7. The van der Waals surface area contributed by atoms with Crippen molar-refractivity contribution in [1.82, 2.24) is 14.7 Å². The third-order valence-corrected chi connectivity index (χ3v) is 6.23. The molecule has 2 aliphatic rings. The molecule has 0 spiro atoms. The lowest BCUT2D eigenvalue weighted by atomic mass is 9.92. The molecule has 2 saturated heterocycles. The van der Waals surface area contributed by atoms with Gasteiger partial charge in [0.1, 0.15) is 5.76 Å². The SMILES string of the molecule is CC#CCN(Cc1ccco1)C(=O)[C@@H]1CCCN(C2CCN(C(C)C)CC2)C1. The summed E-state index contributed by atoms with van der Waals surface area (Å²) < 4.78 is 5.47. The van der Waals surface area contributed by atoms with E-state index < -0.39 is 0 Å². The van der Waals surface area contributed by atoms with Crippen LogP contribution in [0.4, 0.5) is 0 Å². The van der Waals surface area contributed by atoms with Crippen LogP contribution in [0.2, 0.25) is 0 Å². The second-order valence-corrected chi connectivity index (χ2v) is 8.40. The number of hydrogen-bond donors (Lipinski definition) is 0. The summed E-state index contributed by atoms with van der Waals surface area (Å²) in [4.78, 5) is 20.3. The van der Waals surface area contributed by atoms with Crippen molar-refractivity contribution in [2.24, 2.45) is 5.92 Å². The predicted molar refractivity (Wildman–Crippen MR) is 112 cm³/mol. The maximum absolute atomic E-state index is 13.3. The van der Waals surface area contributed by atoms with Crippen LogP contribution in [0, 0.1) is 17.8 Å². The van der Waals surface area contributed by atoms with Crippen molar-refractivity contribution < 1.29 is 9.21 Å². The van der Waals surface area contributed by atoms with Crippen molar-refractivity contribution in [1.29, 1.82) is 0 Å². The molecule has 1 aromatic heterocycles.